The van der Waals surface area contributed by atoms with Gasteiger partial charge in [0.2, 0.25) is 5.91 Å². The Morgan fingerprint density at radius 2 is 1.50 bits per heavy atom. The Hall–Kier alpha value is -3.15. The summed E-state index contributed by atoms with van der Waals surface area (Å²) in [6, 6.07) is 13.2. The van der Waals surface area contributed by atoms with Gasteiger partial charge >= 0.3 is 5.97 Å². The van der Waals surface area contributed by atoms with E-state index < -0.39 is 23.7 Å². The van der Waals surface area contributed by atoms with Crippen molar-refractivity contribution < 1.29 is 23.9 Å². The van der Waals surface area contributed by atoms with Crippen molar-refractivity contribution in [3.8, 4) is 5.75 Å². The zero-order valence-electron chi connectivity index (χ0n) is 18.1. The van der Waals surface area contributed by atoms with E-state index in [1.54, 1.807) is 31.2 Å². The number of hydrogen-bond acceptors (Lipinski definition) is 5. The molecule has 0 spiro atoms. The standard InChI is InChI=1S/C24H29NO5/c1-6-30-24(28)21(23(27)19-11-13-20(29-5)14-12-19)22(25-16(4)26)18-9-7-17(8-10-18)15(2)3/h7-15,21-22H,6H2,1-5H3,(H,25,26). The van der Waals surface area contributed by atoms with E-state index in [9.17, 15) is 14.4 Å². The molecule has 2 aromatic rings. The van der Waals surface area contributed by atoms with E-state index in [-0.39, 0.29) is 12.5 Å². The van der Waals surface area contributed by atoms with Crippen LogP contribution in [0.5, 0.6) is 5.75 Å². The summed E-state index contributed by atoms with van der Waals surface area (Å²) >= 11 is 0. The fourth-order valence-electron chi connectivity index (χ4n) is 3.23. The van der Waals surface area contributed by atoms with Crippen LogP contribution >= 0.6 is 0 Å². The van der Waals surface area contributed by atoms with E-state index in [0.717, 1.165) is 5.56 Å². The lowest BCUT2D eigenvalue weighted by Crippen LogP contribution is -2.40. The van der Waals surface area contributed by atoms with Gasteiger partial charge in [-0.15, -0.1) is 0 Å². The van der Waals surface area contributed by atoms with Crippen molar-refractivity contribution in [2.24, 2.45) is 5.92 Å². The van der Waals surface area contributed by atoms with Crippen LogP contribution in [0.1, 0.15) is 61.1 Å². The van der Waals surface area contributed by atoms with E-state index in [1.807, 2.05) is 24.3 Å². The molecule has 30 heavy (non-hydrogen) atoms. The number of carbonyl (C=O) groups is 3. The summed E-state index contributed by atoms with van der Waals surface area (Å²) in [7, 11) is 1.53. The molecule has 0 saturated heterocycles. The number of rotatable bonds is 9. The summed E-state index contributed by atoms with van der Waals surface area (Å²) in [4.78, 5) is 38.1. The Morgan fingerprint density at radius 1 is 0.933 bits per heavy atom. The Morgan fingerprint density at radius 3 is 1.97 bits per heavy atom. The summed E-state index contributed by atoms with van der Waals surface area (Å²) in [5.41, 5.74) is 2.12. The number of Topliss-reactive ketones (excluding diaryl/α,β-unsaturated/α-hetero) is 1. The molecular formula is C24H29NO5. The topological polar surface area (TPSA) is 81.7 Å². The average Bonchev–Trinajstić information content (AvgIpc) is 2.73. The first-order valence-electron chi connectivity index (χ1n) is 10.00. The van der Waals surface area contributed by atoms with Crippen molar-refractivity contribution in [2.75, 3.05) is 13.7 Å². The normalized spacial score (nSPS) is 12.7. The molecule has 0 heterocycles. The molecule has 0 aromatic heterocycles. The number of nitrogens with one attached hydrogen (secondary N) is 1. The van der Waals surface area contributed by atoms with Gasteiger partial charge in [0.05, 0.1) is 19.8 Å². The Bertz CT molecular complexity index is 871. The molecule has 6 nitrogen and oxygen atoms in total. The van der Waals surface area contributed by atoms with E-state index in [4.69, 9.17) is 9.47 Å². The molecule has 0 bridgehead atoms. The van der Waals surface area contributed by atoms with Crippen LogP contribution < -0.4 is 10.1 Å². The molecule has 6 heteroatoms. The number of methoxy groups -OCH3 is 1. The second-order valence-corrected chi connectivity index (χ2v) is 7.32. The number of esters is 1. The van der Waals surface area contributed by atoms with Crippen molar-refractivity contribution in [3.05, 3.63) is 65.2 Å². The van der Waals surface area contributed by atoms with Crippen LogP contribution in [0, 0.1) is 5.92 Å². The van der Waals surface area contributed by atoms with Crippen molar-refractivity contribution in [3.63, 3.8) is 0 Å². The van der Waals surface area contributed by atoms with Crippen molar-refractivity contribution in [2.45, 2.75) is 39.7 Å². The van der Waals surface area contributed by atoms with Crippen molar-refractivity contribution in [1.82, 2.24) is 5.32 Å². The van der Waals surface area contributed by atoms with Gasteiger partial charge in [0.15, 0.2) is 5.78 Å². The van der Waals surface area contributed by atoms with Gasteiger partial charge in [-0.05, 0) is 48.2 Å². The molecule has 2 aromatic carbocycles. The van der Waals surface area contributed by atoms with Crippen LogP contribution in [-0.2, 0) is 14.3 Å². The second kappa shape index (κ2) is 10.6. The third-order valence-electron chi connectivity index (χ3n) is 4.85. The van der Waals surface area contributed by atoms with E-state index in [2.05, 4.69) is 19.2 Å². The van der Waals surface area contributed by atoms with E-state index >= 15 is 0 Å². The molecule has 0 fully saturated rings. The Kier molecular flexibility index (Phi) is 8.16. The molecule has 0 aliphatic rings. The number of amides is 1. The first-order chi connectivity index (χ1) is 14.3. The lowest BCUT2D eigenvalue weighted by molar-refractivity contribution is -0.147. The second-order valence-electron chi connectivity index (χ2n) is 7.32. The van der Waals surface area contributed by atoms with Gasteiger partial charge in [0, 0.05) is 12.5 Å². The zero-order valence-corrected chi connectivity index (χ0v) is 18.1. The van der Waals surface area contributed by atoms with Crippen LogP contribution in [0.3, 0.4) is 0 Å². The first-order valence-corrected chi connectivity index (χ1v) is 10.00. The van der Waals surface area contributed by atoms with Gasteiger partial charge in [0.1, 0.15) is 11.7 Å². The fraction of sp³-hybridized carbons (Fsp3) is 0.375. The first kappa shape index (κ1) is 23.1. The van der Waals surface area contributed by atoms with Gasteiger partial charge in [0.25, 0.3) is 0 Å². The van der Waals surface area contributed by atoms with Gasteiger partial charge in [-0.3, -0.25) is 14.4 Å². The Balaban J connectivity index is 2.50. The van der Waals surface area contributed by atoms with Crippen molar-refractivity contribution >= 4 is 17.7 Å². The van der Waals surface area contributed by atoms with E-state index in [0.29, 0.717) is 22.8 Å². The molecule has 2 rings (SSSR count). The fourth-order valence-corrected chi connectivity index (χ4v) is 3.23. The highest BCUT2D eigenvalue weighted by molar-refractivity contribution is 6.09. The summed E-state index contributed by atoms with van der Waals surface area (Å²) in [6.45, 7) is 7.32. The SMILES string of the molecule is CCOC(=O)C(C(=O)c1ccc(OC)cc1)C(NC(C)=O)c1ccc(C(C)C)cc1. The maximum atomic E-state index is 13.3. The molecule has 1 amide bonds. The highest BCUT2D eigenvalue weighted by Crippen LogP contribution is 2.29. The molecule has 0 aliphatic heterocycles. The molecule has 1 N–H and O–H groups in total. The molecule has 160 valence electrons. The number of ketones is 1. The lowest BCUT2D eigenvalue weighted by atomic mass is 9.85. The van der Waals surface area contributed by atoms with Crippen LogP contribution in [0.15, 0.2) is 48.5 Å². The van der Waals surface area contributed by atoms with Crippen LogP contribution in [0.25, 0.3) is 0 Å². The summed E-state index contributed by atoms with van der Waals surface area (Å²) in [5.74, 6) is -1.73. The molecule has 0 saturated carbocycles. The summed E-state index contributed by atoms with van der Waals surface area (Å²) < 4.78 is 10.3. The highest BCUT2D eigenvalue weighted by Gasteiger charge is 2.38. The minimum absolute atomic E-state index is 0.129. The number of ether oxygens (including phenoxy) is 2. The quantitative estimate of drug-likeness (QED) is 0.382. The monoisotopic (exact) mass is 411 g/mol. The lowest BCUT2D eigenvalue weighted by Gasteiger charge is -2.26. The molecular weight excluding hydrogens is 382 g/mol. The Labute approximate surface area is 177 Å². The maximum Gasteiger partial charge on any atom is 0.319 e. The third kappa shape index (κ3) is 5.69. The maximum absolute atomic E-state index is 13.3. The third-order valence-corrected chi connectivity index (χ3v) is 4.85. The summed E-state index contributed by atoms with van der Waals surface area (Å²) in [5, 5.41) is 2.77. The van der Waals surface area contributed by atoms with Crippen LogP contribution in [0.2, 0.25) is 0 Å². The highest BCUT2D eigenvalue weighted by atomic mass is 16.5. The average molecular weight is 411 g/mol. The largest absolute Gasteiger partial charge is 0.497 e. The van der Waals surface area contributed by atoms with Gasteiger partial charge in [-0.2, -0.15) is 0 Å². The molecule has 2 unspecified atom stereocenters. The van der Waals surface area contributed by atoms with Crippen LogP contribution in [-0.4, -0.2) is 31.4 Å². The van der Waals surface area contributed by atoms with Crippen LogP contribution in [0.4, 0.5) is 0 Å². The summed E-state index contributed by atoms with van der Waals surface area (Å²) in [6.07, 6.45) is 0. The predicted octanol–water partition coefficient (Wildman–Crippen LogP) is 4.06. The van der Waals surface area contributed by atoms with Crippen molar-refractivity contribution in [1.29, 1.82) is 0 Å². The zero-order chi connectivity index (χ0) is 22.3. The minimum Gasteiger partial charge on any atom is -0.497 e. The van der Waals surface area contributed by atoms with Gasteiger partial charge < -0.3 is 14.8 Å². The van der Waals surface area contributed by atoms with E-state index in [1.165, 1.54) is 14.0 Å². The smallest absolute Gasteiger partial charge is 0.319 e. The van der Waals surface area contributed by atoms with Gasteiger partial charge in [-0.1, -0.05) is 38.1 Å². The predicted molar refractivity (Wildman–Crippen MR) is 115 cm³/mol. The molecule has 0 radical (unpaired) electrons. The molecule has 2 atom stereocenters. The number of carbonyl (C=O) groups excluding carboxylic acids is 3. The molecule has 0 aliphatic carbocycles. The minimum atomic E-state index is -1.22. The number of benzene rings is 2. The van der Waals surface area contributed by atoms with Gasteiger partial charge in [-0.25, -0.2) is 0 Å². The number of hydrogen-bond donors (Lipinski definition) is 1.